The lowest BCUT2D eigenvalue weighted by molar-refractivity contribution is 0.0522. The number of nitrogens with one attached hydrogen (secondary N) is 2. The Morgan fingerprint density at radius 2 is 1.75 bits per heavy atom. The summed E-state index contributed by atoms with van der Waals surface area (Å²) in [5, 5.41) is 5.74. The van der Waals surface area contributed by atoms with E-state index in [2.05, 4.69) is 10.6 Å². The van der Waals surface area contributed by atoms with Crippen LogP contribution in [0.4, 0.5) is 9.18 Å². The number of amides is 2. The zero-order valence-corrected chi connectivity index (χ0v) is 19.5. The quantitative estimate of drug-likeness (QED) is 0.581. The van der Waals surface area contributed by atoms with Gasteiger partial charge in [-0.1, -0.05) is 31.2 Å². The number of rotatable bonds is 9. The van der Waals surface area contributed by atoms with Crippen molar-refractivity contribution in [3.63, 3.8) is 0 Å². The lowest BCUT2D eigenvalue weighted by Crippen LogP contribution is -2.43. The maximum absolute atomic E-state index is 14.0. The molecular formula is C25H33FN2O4. The summed E-state index contributed by atoms with van der Waals surface area (Å²) in [5.74, 6) is -0.155. The van der Waals surface area contributed by atoms with E-state index in [0.29, 0.717) is 30.7 Å². The van der Waals surface area contributed by atoms with E-state index < -0.39 is 17.1 Å². The van der Waals surface area contributed by atoms with Gasteiger partial charge in [0.05, 0.1) is 12.7 Å². The first-order valence-corrected chi connectivity index (χ1v) is 10.7. The standard InChI is InChI=1S/C25H33FN2O4/c1-6-25(18-10-9-11-19(26)16-18,14-15-27-23(30)32-24(2,3)4)17-28-22(29)20-12-7-8-13-21(20)31-5/h7-13,16H,6,14-15,17H2,1-5H3,(H,27,30)(H,28,29). The van der Waals surface area contributed by atoms with Gasteiger partial charge in [-0.2, -0.15) is 0 Å². The SMILES string of the molecule is CCC(CCNC(=O)OC(C)(C)C)(CNC(=O)c1ccccc1OC)c1cccc(F)c1. The number of para-hydroxylation sites is 1. The maximum Gasteiger partial charge on any atom is 0.407 e. The van der Waals surface area contributed by atoms with Crippen LogP contribution in [0.25, 0.3) is 0 Å². The number of ether oxygens (including phenoxy) is 2. The second-order valence-electron chi connectivity index (χ2n) is 8.71. The van der Waals surface area contributed by atoms with E-state index in [1.54, 1.807) is 51.1 Å². The summed E-state index contributed by atoms with van der Waals surface area (Å²) in [7, 11) is 1.51. The van der Waals surface area contributed by atoms with Gasteiger partial charge in [-0.25, -0.2) is 9.18 Å². The van der Waals surface area contributed by atoms with Gasteiger partial charge in [0.1, 0.15) is 17.2 Å². The molecule has 0 bridgehead atoms. The van der Waals surface area contributed by atoms with Gasteiger partial charge in [0.15, 0.2) is 0 Å². The van der Waals surface area contributed by atoms with Crippen molar-refractivity contribution < 1.29 is 23.5 Å². The smallest absolute Gasteiger partial charge is 0.407 e. The van der Waals surface area contributed by atoms with Crippen molar-refractivity contribution >= 4 is 12.0 Å². The van der Waals surface area contributed by atoms with Crippen LogP contribution in [0.15, 0.2) is 48.5 Å². The molecule has 174 valence electrons. The molecule has 0 aliphatic rings. The van der Waals surface area contributed by atoms with Crippen molar-refractivity contribution in [3.05, 3.63) is 65.5 Å². The molecule has 0 saturated carbocycles. The third-order valence-corrected chi connectivity index (χ3v) is 5.32. The van der Waals surface area contributed by atoms with E-state index in [4.69, 9.17) is 9.47 Å². The second kappa shape index (κ2) is 11.0. The molecule has 0 radical (unpaired) electrons. The molecular weight excluding hydrogens is 411 g/mol. The predicted molar refractivity (Wildman–Crippen MR) is 123 cm³/mol. The van der Waals surface area contributed by atoms with E-state index in [-0.39, 0.29) is 18.3 Å². The zero-order chi connectivity index (χ0) is 23.8. The van der Waals surface area contributed by atoms with Crippen LogP contribution in [0.5, 0.6) is 5.75 Å². The van der Waals surface area contributed by atoms with E-state index in [1.165, 1.54) is 19.2 Å². The average molecular weight is 445 g/mol. The van der Waals surface area contributed by atoms with E-state index in [9.17, 15) is 14.0 Å². The summed E-state index contributed by atoms with van der Waals surface area (Å²) >= 11 is 0. The molecule has 0 heterocycles. The molecule has 1 atom stereocenters. The minimum atomic E-state index is -0.600. The van der Waals surface area contributed by atoms with Gasteiger partial charge >= 0.3 is 6.09 Å². The highest BCUT2D eigenvalue weighted by atomic mass is 19.1. The lowest BCUT2D eigenvalue weighted by Gasteiger charge is -2.34. The third kappa shape index (κ3) is 6.97. The Hall–Kier alpha value is -3.09. The molecule has 2 aromatic rings. The summed E-state index contributed by atoms with van der Waals surface area (Å²) in [6.07, 6.45) is 0.594. The van der Waals surface area contributed by atoms with Crippen LogP contribution in [0, 0.1) is 5.82 Å². The molecule has 0 aromatic heterocycles. The molecule has 0 saturated heterocycles. The van der Waals surface area contributed by atoms with Crippen LogP contribution in [-0.4, -0.2) is 37.8 Å². The summed E-state index contributed by atoms with van der Waals surface area (Å²) in [6.45, 7) is 7.94. The molecule has 0 fully saturated rings. The monoisotopic (exact) mass is 444 g/mol. The van der Waals surface area contributed by atoms with Crippen LogP contribution in [0.1, 0.15) is 56.5 Å². The van der Waals surface area contributed by atoms with Gasteiger partial charge in [0, 0.05) is 18.5 Å². The summed E-state index contributed by atoms with van der Waals surface area (Å²) in [5.41, 5.74) is -0.0103. The Balaban J connectivity index is 2.20. The predicted octanol–water partition coefficient (Wildman–Crippen LogP) is 4.83. The zero-order valence-electron chi connectivity index (χ0n) is 19.5. The second-order valence-corrected chi connectivity index (χ2v) is 8.71. The van der Waals surface area contributed by atoms with E-state index in [1.807, 2.05) is 13.0 Å². The number of hydrogen-bond donors (Lipinski definition) is 2. The number of benzene rings is 2. The first kappa shape index (κ1) is 25.2. The molecule has 6 nitrogen and oxygen atoms in total. The highest BCUT2D eigenvalue weighted by Gasteiger charge is 2.32. The van der Waals surface area contributed by atoms with Crippen LogP contribution >= 0.6 is 0 Å². The molecule has 1 unspecified atom stereocenters. The highest BCUT2D eigenvalue weighted by Crippen LogP contribution is 2.32. The minimum Gasteiger partial charge on any atom is -0.496 e. The van der Waals surface area contributed by atoms with E-state index >= 15 is 0 Å². The summed E-state index contributed by atoms with van der Waals surface area (Å²) in [6, 6.07) is 13.3. The first-order chi connectivity index (χ1) is 15.1. The number of carbonyl (C=O) groups excluding carboxylic acids is 2. The van der Waals surface area contributed by atoms with Crippen molar-refractivity contribution in [1.29, 1.82) is 0 Å². The molecule has 2 amide bonds. The molecule has 2 rings (SSSR count). The van der Waals surface area contributed by atoms with Crippen molar-refractivity contribution in [2.45, 2.75) is 51.6 Å². The summed E-state index contributed by atoms with van der Waals surface area (Å²) in [4.78, 5) is 24.9. The van der Waals surface area contributed by atoms with Crippen molar-refractivity contribution in [2.24, 2.45) is 0 Å². The lowest BCUT2D eigenvalue weighted by atomic mass is 9.75. The molecule has 0 aliphatic heterocycles. The normalized spacial score (nSPS) is 13.1. The van der Waals surface area contributed by atoms with Gasteiger partial charge < -0.3 is 20.1 Å². The van der Waals surface area contributed by atoms with Crippen LogP contribution in [-0.2, 0) is 10.2 Å². The number of methoxy groups -OCH3 is 1. The first-order valence-electron chi connectivity index (χ1n) is 10.7. The van der Waals surface area contributed by atoms with E-state index in [0.717, 1.165) is 5.56 Å². The van der Waals surface area contributed by atoms with Crippen LogP contribution in [0.2, 0.25) is 0 Å². The number of carbonyl (C=O) groups is 2. The fraction of sp³-hybridized carbons (Fsp3) is 0.440. The Labute approximate surface area is 189 Å². The summed E-state index contributed by atoms with van der Waals surface area (Å²) < 4.78 is 24.6. The van der Waals surface area contributed by atoms with Crippen LogP contribution < -0.4 is 15.4 Å². The number of halogens is 1. The third-order valence-electron chi connectivity index (χ3n) is 5.32. The van der Waals surface area contributed by atoms with Gasteiger partial charge in [-0.15, -0.1) is 0 Å². The number of alkyl carbamates (subject to hydrolysis) is 1. The van der Waals surface area contributed by atoms with Crippen molar-refractivity contribution in [2.75, 3.05) is 20.2 Å². The van der Waals surface area contributed by atoms with Gasteiger partial charge in [-0.05, 0) is 63.4 Å². The fourth-order valence-corrected chi connectivity index (χ4v) is 3.55. The largest absolute Gasteiger partial charge is 0.496 e. The molecule has 0 aliphatic carbocycles. The van der Waals surface area contributed by atoms with Crippen molar-refractivity contribution in [1.82, 2.24) is 10.6 Å². The van der Waals surface area contributed by atoms with Gasteiger partial charge in [0.25, 0.3) is 5.91 Å². The Bertz CT molecular complexity index is 926. The molecule has 7 heteroatoms. The molecule has 32 heavy (non-hydrogen) atoms. The Kier molecular flexibility index (Phi) is 8.63. The van der Waals surface area contributed by atoms with Crippen molar-refractivity contribution in [3.8, 4) is 5.75 Å². The van der Waals surface area contributed by atoms with Gasteiger partial charge in [-0.3, -0.25) is 4.79 Å². The average Bonchev–Trinajstić information content (AvgIpc) is 2.74. The van der Waals surface area contributed by atoms with Gasteiger partial charge in [0.2, 0.25) is 0 Å². The number of hydrogen-bond acceptors (Lipinski definition) is 4. The minimum absolute atomic E-state index is 0.264. The molecule has 2 N–H and O–H groups in total. The Morgan fingerprint density at radius 3 is 2.38 bits per heavy atom. The molecule has 2 aromatic carbocycles. The topological polar surface area (TPSA) is 76.7 Å². The molecule has 0 spiro atoms. The maximum atomic E-state index is 14.0. The Morgan fingerprint density at radius 1 is 1.03 bits per heavy atom. The fourth-order valence-electron chi connectivity index (χ4n) is 3.55. The highest BCUT2D eigenvalue weighted by molar-refractivity contribution is 5.96. The van der Waals surface area contributed by atoms with Crippen LogP contribution in [0.3, 0.4) is 0 Å².